The molecular weight excluding hydrogens is 404 g/mol. The summed E-state index contributed by atoms with van der Waals surface area (Å²) in [6, 6.07) is 13.1. The summed E-state index contributed by atoms with van der Waals surface area (Å²) in [6.45, 7) is 5.16. The van der Waals surface area contributed by atoms with Gasteiger partial charge in [-0.3, -0.25) is 4.98 Å². The molecule has 5 rings (SSSR count). The average Bonchev–Trinajstić information content (AvgIpc) is 3.49. The van der Waals surface area contributed by atoms with E-state index in [9.17, 15) is 0 Å². The molecule has 2 aliphatic rings. The number of hydrogen-bond acceptors (Lipinski definition) is 3. The van der Waals surface area contributed by atoms with Crippen LogP contribution in [0.15, 0.2) is 53.3 Å². The van der Waals surface area contributed by atoms with Gasteiger partial charge < -0.3 is 19.2 Å². The Morgan fingerprint density at radius 1 is 1.13 bits per heavy atom. The van der Waals surface area contributed by atoms with Crippen molar-refractivity contribution in [1.29, 1.82) is 0 Å². The summed E-state index contributed by atoms with van der Waals surface area (Å²) in [5, 5.41) is 4.31. The number of aromatic nitrogens is 2. The highest BCUT2D eigenvalue weighted by Crippen LogP contribution is 2.43. The van der Waals surface area contributed by atoms with E-state index in [-0.39, 0.29) is 12.1 Å². The van der Waals surface area contributed by atoms with E-state index < -0.39 is 0 Å². The van der Waals surface area contributed by atoms with Crippen molar-refractivity contribution in [3.8, 4) is 0 Å². The van der Waals surface area contributed by atoms with Crippen LogP contribution < -0.4 is 5.32 Å². The van der Waals surface area contributed by atoms with Crippen LogP contribution in [0.1, 0.15) is 78.6 Å². The van der Waals surface area contributed by atoms with Crippen LogP contribution >= 0.6 is 12.2 Å². The average molecular weight is 435 g/mol. The van der Waals surface area contributed by atoms with E-state index in [4.69, 9.17) is 16.6 Å². The van der Waals surface area contributed by atoms with Crippen molar-refractivity contribution in [2.75, 3.05) is 0 Å². The van der Waals surface area contributed by atoms with E-state index >= 15 is 0 Å². The summed E-state index contributed by atoms with van der Waals surface area (Å²) in [7, 11) is 0. The fourth-order valence-electron chi connectivity index (χ4n) is 5.49. The minimum Gasteiger partial charge on any atom is -0.467 e. The highest BCUT2D eigenvalue weighted by atomic mass is 32.1. The van der Waals surface area contributed by atoms with Crippen LogP contribution in [-0.2, 0) is 6.54 Å². The van der Waals surface area contributed by atoms with Crippen molar-refractivity contribution >= 4 is 17.3 Å². The Labute approximate surface area is 189 Å². The Morgan fingerprint density at radius 3 is 2.68 bits per heavy atom. The number of rotatable bonds is 5. The van der Waals surface area contributed by atoms with Gasteiger partial charge in [0, 0.05) is 23.6 Å². The highest BCUT2D eigenvalue weighted by Gasteiger charge is 2.42. The van der Waals surface area contributed by atoms with Crippen molar-refractivity contribution in [2.45, 2.75) is 70.6 Å². The fourth-order valence-corrected chi connectivity index (χ4v) is 5.79. The number of hydrogen-bond donors (Lipinski definition) is 1. The Hall–Kier alpha value is -2.60. The molecule has 2 atom stereocenters. The third-order valence-electron chi connectivity index (χ3n) is 6.89. The van der Waals surface area contributed by atoms with E-state index in [0.29, 0.717) is 12.6 Å². The van der Waals surface area contributed by atoms with Crippen molar-refractivity contribution < 1.29 is 4.42 Å². The molecule has 1 N–H and O–H groups in total. The molecule has 0 radical (unpaired) electrons. The molecule has 31 heavy (non-hydrogen) atoms. The van der Waals surface area contributed by atoms with Gasteiger partial charge in [-0.25, -0.2) is 0 Å². The van der Waals surface area contributed by atoms with Gasteiger partial charge >= 0.3 is 0 Å². The quantitative estimate of drug-likeness (QED) is 0.517. The van der Waals surface area contributed by atoms with Crippen LogP contribution in [0, 0.1) is 13.8 Å². The number of nitrogens with zero attached hydrogens (tertiary/aromatic N) is 3. The number of aryl methyl sites for hydroxylation is 1. The highest BCUT2D eigenvalue weighted by molar-refractivity contribution is 7.80. The second kappa shape index (κ2) is 8.50. The molecule has 0 spiro atoms. The maximum Gasteiger partial charge on any atom is 0.170 e. The van der Waals surface area contributed by atoms with E-state index in [1.807, 2.05) is 30.5 Å². The molecular formula is C25H30N4OS. The molecule has 0 bridgehead atoms. The van der Waals surface area contributed by atoms with Crippen LogP contribution in [-0.4, -0.2) is 19.6 Å². The zero-order valence-corrected chi connectivity index (χ0v) is 19.1. The lowest BCUT2D eigenvalue weighted by Crippen LogP contribution is -2.29. The third kappa shape index (κ3) is 3.78. The van der Waals surface area contributed by atoms with E-state index in [0.717, 1.165) is 16.6 Å². The van der Waals surface area contributed by atoms with Gasteiger partial charge in [-0.05, 0) is 74.8 Å². The van der Waals surface area contributed by atoms with Gasteiger partial charge in [0.25, 0.3) is 0 Å². The summed E-state index contributed by atoms with van der Waals surface area (Å²) in [6.07, 6.45) is 10.1. The van der Waals surface area contributed by atoms with Crippen molar-refractivity contribution in [2.24, 2.45) is 0 Å². The topological polar surface area (TPSA) is 46.2 Å². The molecule has 2 fully saturated rings. The van der Waals surface area contributed by atoms with Gasteiger partial charge in [0.15, 0.2) is 5.11 Å². The maximum atomic E-state index is 5.81. The molecule has 162 valence electrons. The standard InChI is InChI=1S/C25H30N4OS/c1-17-15-21(18(2)29(17)19-9-4-3-5-10-19)24-23(22-12-6-7-13-26-22)27-25(31)28(24)16-20-11-8-14-30-20/h6-8,11-15,19,23-24H,3-5,9-10,16H2,1-2H3,(H,27,31)/t23-,24+/m1/s1. The lowest BCUT2D eigenvalue weighted by molar-refractivity contribution is 0.284. The maximum absolute atomic E-state index is 5.81. The molecule has 0 aromatic carbocycles. The minimum absolute atomic E-state index is 0.00367. The fraction of sp³-hybridized carbons (Fsp3) is 0.440. The van der Waals surface area contributed by atoms with Crippen LogP contribution in [0.25, 0.3) is 0 Å². The molecule has 6 heteroatoms. The van der Waals surface area contributed by atoms with Crippen molar-refractivity contribution in [1.82, 2.24) is 19.8 Å². The minimum atomic E-state index is 0.00367. The van der Waals surface area contributed by atoms with Gasteiger partial charge in [0.1, 0.15) is 5.76 Å². The largest absolute Gasteiger partial charge is 0.467 e. The van der Waals surface area contributed by atoms with Gasteiger partial charge in [0.2, 0.25) is 0 Å². The van der Waals surface area contributed by atoms with Crippen LogP contribution in [0.2, 0.25) is 0 Å². The predicted octanol–water partition coefficient (Wildman–Crippen LogP) is 5.77. The molecule has 3 aromatic rings. The van der Waals surface area contributed by atoms with Crippen LogP contribution in [0.3, 0.4) is 0 Å². The third-order valence-corrected chi connectivity index (χ3v) is 7.24. The zero-order chi connectivity index (χ0) is 21.4. The molecule has 5 nitrogen and oxygen atoms in total. The molecule has 0 unspecified atom stereocenters. The zero-order valence-electron chi connectivity index (χ0n) is 18.3. The Balaban J connectivity index is 1.57. The second-order valence-corrected chi connectivity index (χ2v) is 9.21. The van der Waals surface area contributed by atoms with Crippen LogP contribution in [0.5, 0.6) is 0 Å². The van der Waals surface area contributed by atoms with E-state index in [1.54, 1.807) is 6.26 Å². The first kappa shape index (κ1) is 20.3. The SMILES string of the molecule is Cc1cc([C@H]2[C@@H](c3ccccn3)NC(=S)N2Cc2ccco2)c(C)n1C1CCCCC1. The van der Waals surface area contributed by atoms with Gasteiger partial charge in [0.05, 0.1) is 30.6 Å². The molecule has 4 heterocycles. The van der Waals surface area contributed by atoms with Gasteiger partial charge in [-0.1, -0.05) is 25.3 Å². The number of pyridine rings is 1. The second-order valence-electron chi connectivity index (χ2n) is 8.82. The number of nitrogens with one attached hydrogen (secondary N) is 1. The molecule has 3 aromatic heterocycles. The number of furan rings is 1. The predicted molar refractivity (Wildman–Crippen MR) is 126 cm³/mol. The molecule has 0 amide bonds. The van der Waals surface area contributed by atoms with Gasteiger partial charge in [-0.15, -0.1) is 0 Å². The van der Waals surface area contributed by atoms with E-state index in [2.05, 4.69) is 45.7 Å². The lowest BCUT2D eigenvalue weighted by Gasteiger charge is -2.29. The summed E-state index contributed by atoms with van der Waals surface area (Å²) in [5.74, 6) is 0.914. The Bertz CT molecular complexity index is 1040. The van der Waals surface area contributed by atoms with Crippen LogP contribution in [0.4, 0.5) is 0 Å². The molecule has 1 saturated heterocycles. The summed E-state index contributed by atoms with van der Waals surface area (Å²) in [5.41, 5.74) is 5.04. The first-order valence-corrected chi connectivity index (χ1v) is 11.7. The summed E-state index contributed by atoms with van der Waals surface area (Å²) >= 11 is 5.81. The summed E-state index contributed by atoms with van der Waals surface area (Å²) < 4.78 is 8.25. The first-order chi connectivity index (χ1) is 15.1. The lowest BCUT2D eigenvalue weighted by atomic mass is 9.94. The molecule has 1 aliphatic heterocycles. The Morgan fingerprint density at radius 2 is 1.97 bits per heavy atom. The monoisotopic (exact) mass is 434 g/mol. The van der Waals surface area contributed by atoms with Gasteiger partial charge in [-0.2, -0.15) is 0 Å². The Kier molecular flexibility index (Phi) is 5.57. The molecule has 1 aliphatic carbocycles. The van der Waals surface area contributed by atoms with Crippen molar-refractivity contribution in [3.05, 3.63) is 77.3 Å². The molecule has 1 saturated carbocycles. The van der Waals surface area contributed by atoms with Crippen molar-refractivity contribution in [3.63, 3.8) is 0 Å². The first-order valence-electron chi connectivity index (χ1n) is 11.3. The smallest absolute Gasteiger partial charge is 0.170 e. The normalized spacial score (nSPS) is 22.1. The van der Waals surface area contributed by atoms with E-state index in [1.165, 1.54) is 49.1 Å². The summed E-state index contributed by atoms with van der Waals surface area (Å²) in [4.78, 5) is 6.94. The number of thiocarbonyl (C=S) groups is 1.